The predicted octanol–water partition coefficient (Wildman–Crippen LogP) is -0.784. The molecule has 0 bridgehead atoms. The molecule has 118 valence electrons. The molecule has 0 spiro atoms. The third-order valence-electron chi connectivity index (χ3n) is 4.15. The van der Waals surface area contributed by atoms with E-state index in [-0.39, 0.29) is 12.1 Å². The van der Waals surface area contributed by atoms with Gasteiger partial charge in [0.25, 0.3) is 5.56 Å². The zero-order valence-electron chi connectivity index (χ0n) is 12.1. The van der Waals surface area contributed by atoms with Crippen molar-refractivity contribution in [3.05, 3.63) is 27.0 Å². The van der Waals surface area contributed by atoms with Gasteiger partial charge in [-0.15, -0.1) is 0 Å². The molecule has 0 aliphatic heterocycles. The zero-order chi connectivity index (χ0) is 15.7. The highest BCUT2D eigenvalue weighted by Gasteiger charge is 2.37. The summed E-state index contributed by atoms with van der Waals surface area (Å²) in [5.74, 6) is 0. The summed E-state index contributed by atoms with van der Waals surface area (Å²) in [7, 11) is -0.111. The monoisotopic (exact) mass is 316 g/mol. The molecule has 3 N–H and O–H groups in total. The Morgan fingerprint density at radius 1 is 1.29 bits per heavy atom. The van der Waals surface area contributed by atoms with Gasteiger partial charge in [-0.2, -0.15) is 0 Å². The number of nitrogens with one attached hydrogen (secondary N) is 3. The number of hydrogen-bond acceptors (Lipinski definition) is 5. The van der Waals surface area contributed by atoms with Crippen molar-refractivity contribution in [2.45, 2.75) is 36.1 Å². The molecule has 1 saturated carbocycles. The molecule has 1 fully saturated rings. The Labute approximate surface area is 122 Å². The Morgan fingerprint density at radius 3 is 2.43 bits per heavy atom. The first kappa shape index (κ1) is 15.9. The quantitative estimate of drug-likeness (QED) is 0.659. The molecule has 8 nitrogen and oxygen atoms in total. The van der Waals surface area contributed by atoms with Gasteiger partial charge in [0.1, 0.15) is 0 Å². The van der Waals surface area contributed by atoms with Gasteiger partial charge >= 0.3 is 5.69 Å². The molecule has 2 rings (SSSR count). The molecule has 1 aromatic heterocycles. The van der Waals surface area contributed by atoms with Crippen LogP contribution >= 0.6 is 0 Å². The van der Waals surface area contributed by atoms with Crippen molar-refractivity contribution in [1.29, 1.82) is 0 Å². The summed E-state index contributed by atoms with van der Waals surface area (Å²) in [5.41, 5.74) is -1.88. The molecule has 0 saturated heterocycles. The van der Waals surface area contributed by atoms with E-state index in [1.165, 1.54) is 0 Å². The number of aromatic nitrogens is 2. The Bertz CT molecular complexity index is 713. The Hall–Kier alpha value is -1.45. The van der Waals surface area contributed by atoms with Gasteiger partial charge in [0.2, 0.25) is 10.0 Å². The molecular weight excluding hydrogens is 296 g/mol. The molecule has 0 radical (unpaired) electrons. The van der Waals surface area contributed by atoms with Crippen molar-refractivity contribution in [1.82, 2.24) is 19.6 Å². The van der Waals surface area contributed by atoms with Gasteiger partial charge < -0.3 is 9.88 Å². The van der Waals surface area contributed by atoms with E-state index >= 15 is 0 Å². The lowest BCUT2D eigenvalue weighted by Gasteiger charge is -2.36. The second kappa shape index (κ2) is 5.74. The highest BCUT2D eigenvalue weighted by Crippen LogP contribution is 2.33. The van der Waals surface area contributed by atoms with Gasteiger partial charge in [0.15, 0.2) is 4.90 Å². The van der Waals surface area contributed by atoms with Crippen LogP contribution in [-0.4, -0.2) is 49.5 Å². The highest BCUT2D eigenvalue weighted by atomic mass is 32.2. The lowest BCUT2D eigenvalue weighted by Crippen LogP contribution is -2.51. The number of H-pyrrole nitrogens is 2. The minimum Gasteiger partial charge on any atom is -0.313 e. The van der Waals surface area contributed by atoms with E-state index < -0.39 is 26.2 Å². The minimum atomic E-state index is -3.96. The fourth-order valence-corrected chi connectivity index (χ4v) is 3.84. The molecule has 0 aromatic carbocycles. The van der Waals surface area contributed by atoms with E-state index in [1.807, 2.05) is 24.0 Å². The smallest absolute Gasteiger partial charge is 0.313 e. The Kier molecular flexibility index (Phi) is 4.35. The Morgan fingerprint density at radius 2 is 1.90 bits per heavy atom. The fourth-order valence-electron chi connectivity index (χ4n) is 2.72. The van der Waals surface area contributed by atoms with Crippen LogP contribution in [0.25, 0.3) is 0 Å². The number of likely N-dealkylation sites (N-methyl/N-ethyl adjacent to an activating group) is 1. The molecule has 0 amide bonds. The molecule has 1 aliphatic carbocycles. The summed E-state index contributed by atoms with van der Waals surface area (Å²) in [6, 6.07) is 0. The summed E-state index contributed by atoms with van der Waals surface area (Å²) in [6.45, 7) is 0.237. The lowest BCUT2D eigenvalue weighted by atomic mass is 9.97. The fraction of sp³-hybridized carbons (Fsp3) is 0.667. The van der Waals surface area contributed by atoms with Crippen LogP contribution in [0.4, 0.5) is 0 Å². The lowest BCUT2D eigenvalue weighted by molar-refractivity contribution is 0.162. The first-order valence-electron chi connectivity index (χ1n) is 6.76. The van der Waals surface area contributed by atoms with Crippen molar-refractivity contribution in [3.63, 3.8) is 0 Å². The van der Waals surface area contributed by atoms with Crippen LogP contribution in [0.15, 0.2) is 20.7 Å². The van der Waals surface area contributed by atoms with Crippen LogP contribution in [0.3, 0.4) is 0 Å². The van der Waals surface area contributed by atoms with Crippen LogP contribution < -0.4 is 16.0 Å². The minimum absolute atomic E-state index is 0.220. The number of nitrogens with zero attached hydrogens (tertiary/aromatic N) is 1. The van der Waals surface area contributed by atoms with Gasteiger partial charge in [-0.3, -0.25) is 9.78 Å². The third-order valence-corrected chi connectivity index (χ3v) is 5.56. The first-order chi connectivity index (χ1) is 9.77. The van der Waals surface area contributed by atoms with Crippen molar-refractivity contribution < 1.29 is 8.42 Å². The number of rotatable bonds is 5. The van der Waals surface area contributed by atoms with Crippen molar-refractivity contribution in [3.8, 4) is 0 Å². The molecule has 21 heavy (non-hydrogen) atoms. The maximum Gasteiger partial charge on any atom is 0.325 e. The number of sulfonamides is 1. The zero-order valence-corrected chi connectivity index (χ0v) is 12.9. The first-order valence-corrected chi connectivity index (χ1v) is 8.24. The van der Waals surface area contributed by atoms with E-state index in [4.69, 9.17) is 0 Å². The van der Waals surface area contributed by atoms with Crippen LogP contribution in [-0.2, 0) is 10.0 Å². The van der Waals surface area contributed by atoms with Crippen molar-refractivity contribution >= 4 is 10.0 Å². The van der Waals surface area contributed by atoms with E-state index in [9.17, 15) is 18.0 Å². The Balaban J connectivity index is 2.22. The van der Waals surface area contributed by atoms with E-state index in [0.717, 1.165) is 31.9 Å². The summed E-state index contributed by atoms with van der Waals surface area (Å²) >= 11 is 0. The van der Waals surface area contributed by atoms with Crippen LogP contribution in [0.1, 0.15) is 25.7 Å². The molecule has 0 unspecified atom stereocenters. The maximum absolute atomic E-state index is 12.2. The van der Waals surface area contributed by atoms with E-state index in [2.05, 4.69) is 9.71 Å². The van der Waals surface area contributed by atoms with Crippen molar-refractivity contribution in [2.75, 3.05) is 20.6 Å². The standard InChI is InChI=1S/C12H20N4O4S/c1-16(2)12(5-3-4-6-12)8-14-21(19,20)9-7-13-11(18)15-10(9)17/h7,14H,3-6,8H2,1-2H3,(H2,13,15,17,18). The van der Waals surface area contributed by atoms with Gasteiger partial charge in [-0.1, -0.05) is 12.8 Å². The molecular formula is C12H20N4O4S. The van der Waals surface area contributed by atoms with Gasteiger partial charge in [0, 0.05) is 18.3 Å². The second-order valence-electron chi connectivity index (χ2n) is 5.59. The van der Waals surface area contributed by atoms with Gasteiger partial charge in [-0.25, -0.2) is 17.9 Å². The molecule has 1 aliphatic rings. The van der Waals surface area contributed by atoms with Crippen molar-refractivity contribution in [2.24, 2.45) is 0 Å². The average Bonchev–Trinajstić information content (AvgIpc) is 2.86. The van der Waals surface area contributed by atoms with Gasteiger partial charge in [0.05, 0.1) is 0 Å². The van der Waals surface area contributed by atoms with Gasteiger partial charge in [-0.05, 0) is 26.9 Å². The normalized spacial score (nSPS) is 18.2. The third kappa shape index (κ3) is 3.25. The van der Waals surface area contributed by atoms with Crippen LogP contribution in [0.5, 0.6) is 0 Å². The van der Waals surface area contributed by atoms with E-state index in [1.54, 1.807) is 0 Å². The number of hydrogen-bond donors (Lipinski definition) is 3. The summed E-state index contributed by atoms with van der Waals surface area (Å²) in [4.78, 5) is 28.2. The second-order valence-corrected chi connectivity index (χ2v) is 7.32. The summed E-state index contributed by atoms with van der Waals surface area (Å²) in [5, 5.41) is 0. The van der Waals surface area contributed by atoms with Crippen LogP contribution in [0, 0.1) is 0 Å². The molecule has 1 aromatic rings. The predicted molar refractivity (Wildman–Crippen MR) is 77.8 cm³/mol. The molecule has 1 heterocycles. The largest absolute Gasteiger partial charge is 0.325 e. The SMILES string of the molecule is CN(C)C1(CNS(=O)(=O)c2c[nH]c(=O)[nH]c2=O)CCCC1. The average molecular weight is 316 g/mol. The number of aromatic amines is 2. The highest BCUT2D eigenvalue weighted by molar-refractivity contribution is 7.89. The molecule has 0 atom stereocenters. The maximum atomic E-state index is 12.2. The summed E-state index contributed by atoms with van der Waals surface area (Å²) < 4.78 is 26.9. The topological polar surface area (TPSA) is 115 Å². The molecule has 9 heteroatoms. The summed E-state index contributed by atoms with van der Waals surface area (Å²) in [6.07, 6.45) is 4.84. The van der Waals surface area contributed by atoms with E-state index in [0.29, 0.717) is 0 Å². The van der Waals surface area contributed by atoms with Crippen LogP contribution in [0.2, 0.25) is 0 Å².